The van der Waals surface area contributed by atoms with Crippen LogP contribution in [0.25, 0.3) is 0 Å². The van der Waals surface area contributed by atoms with Gasteiger partial charge in [-0.1, -0.05) is 45.8 Å². The molecule has 1 aliphatic carbocycles. The normalized spacial score (nSPS) is 26.8. The van der Waals surface area contributed by atoms with Crippen LogP contribution in [0.5, 0.6) is 5.75 Å². The van der Waals surface area contributed by atoms with Crippen LogP contribution < -0.4 is 10.1 Å². The molecule has 198 valence electrons. The molecule has 0 bridgehead atoms. The lowest BCUT2D eigenvalue weighted by Gasteiger charge is -2.36. The Morgan fingerprint density at radius 2 is 1.83 bits per heavy atom. The number of aliphatic hydroxyl groups is 1. The van der Waals surface area contributed by atoms with E-state index in [9.17, 15) is 19.5 Å². The largest absolute Gasteiger partial charge is 0.497 e. The standard InChI is InChI=1S/C28H40N2O6/c1-6-9-18-10-15-21-24(23(18)28(34)36-8-3)27(33)30(22(16-31)17(4)7-2)25(21)26(32)29-19-11-13-20(35-5)14-12-19/h10-15,17-18,21-25,31H,6-9,16H2,1-5H3,(H,29,32)/t17-,18+,21-,22-,23+,24+,25-/m0/s1. The second-order valence-corrected chi connectivity index (χ2v) is 9.76. The number of ether oxygens (including phenoxy) is 2. The molecule has 2 aliphatic rings. The van der Waals surface area contributed by atoms with Crippen LogP contribution in [-0.4, -0.2) is 60.2 Å². The van der Waals surface area contributed by atoms with Gasteiger partial charge in [0, 0.05) is 11.6 Å². The number of methoxy groups -OCH3 is 1. The van der Waals surface area contributed by atoms with Crippen LogP contribution in [0.4, 0.5) is 5.69 Å². The number of benzene rings is 1. The highest BCUT2D eigenvalue weighted by Gasteiger charge is 2.59. The highest BCUT2D eigenvalue weighted by Crippen LogP contribution is 2.47. The van der Waals surface area contributed by atoms with Crippen molar-refractivity contribution in [2.24, 2.45) is 29.6 Å². The van der Waals surface area contributed by atoms with Gasteiger partial charge in [0.1, 0.15) is 11.8 Å². The number of aliphatic hydroxyl groups excluding tert-OH is 1. The lowest BCUT2D eigenvalue weighted by atomic mass is 9.69. The van der Waals surface area contributed by atoms with Crippen LogP contribution in [0.3, 0.4) is 0 Å². The molecule has 1 fully saturated rings. The predicted octanol–water partition coefficient (Wildman–Crippen LogP) is 3.65. The van der Waals surface area contributed by atoms with Gasteiger partial charge in [-0.25, -0.2) is 0 Å². The Labute approximate surface area is 214 Å². The molecule has 2 N–H and O–H groups in total. The molecule has 0 spiro atoms. The summed E-state index contributed by atoms with van der Waals surface area (Å²) < 4.78 is 10.6. The number of anilines is 1. The zero-order valence-corrected chi connectivity index (χ0v) is 22.0. The number of amides is 2. The van der Waals surface area contributed by atoms with E-state index in [1.54, 1.807) is 43.2 Å². The van der Waals surface area contributed by atoms with Crippen molar-refractivity contribution < 1.29 is 29.0 Å². The third kappa shape index (κ3) is 5.43. The van der Waals surface area contributed by atoms with Gasteiger partial charge in [0.25, 0.3) is 0 Å². The minimum Gasteiger partial charge on any atom is -0.497 e. The van der Waals surface area contributed by atoms with E-state index >= 15 is 0 Å². The van der Waals surface area contributed by atoms with Gasteiger partial charge >= 0.3 is 5.97 Å². The molecule has 0 aromatic heterocycles. The van der Waals surface area contributed by atoms with Gasteiger partial charge in [0.15, 0.2) is 0 Å². The Balaban J connectivity index is 2.04. The van der Waals surface area contributed by atoms with Crippen LogP contribution in [0, 0.1) is 29.6 Å². The summed E-state index contributed by atoms with van der Waals surface area (Å²) in [6, 6.07) is 5.58. The van der Waals surface area contributed by atoms with E-state index in [0.717, 1.165) is 19.3 Å². The number of esters is 1. The van der Waals surface area contributed by atoms with E-state index in [-0.39, 0.29) is 36.9 Å². The lowest BCUT2D eigenvalue weighted by Crippen LogP contribution is -2.52. The molecule has 1 aliphatic heterocycles. The number of hydrogen-bond donors (Lipinski definition) is 2. The third-order valence-electron chi connectivity index (χ3n) is 7.70. The second kappa shape index (κ2) is 12.4. The predicted molar refractivity (Wildman–Crippen MR) is 137 cm³/mol. The van der Waals surface area contributed by atoms with Gasteiger partial charge in [-0.05, 0) is 49.4 Å². The monoisotopic (exact) mass is 500 g/mol. The van der Waals surface area contributed by atoms with E-state index in [0.29, 0.717) is 11.4 Å². The Hall–Kier alpha value is -2.87. The molecule has 0 saturated carbocycles. The van der Waals surface area contributed by atoms with Crippen molar-refractivity contribution >= 4 is 23.5 Å². The van der Waals surface area contributed by atoms with E-state index in [1.165, 1.54) is 0 Å². The fraction of sp³-hybridized carbons (Fsp3) is 0.607. The van der Waals surface area contributed by atoms with Gasteiger partial charge in [-0.3, -0.25) is 14.4 Å². The van der Waals surface area contributed by atoms with E-state index < -0.39 is 35.8 Å². The van der Waals surface area contributed by atoms with E-state index in [4.69, 9.17) is 9.47 Å². The van der Waals surface area contributed by atoms with Crippen LogP contribution in [0.15, 0.2) is 36.4 Å². The molecule has 2 amide bonds. The van der Waals surface area contributed by atoms with Crippen molar-refractivity contribution in [2.75, 3.05) is 25.6 Å². The molecule has 36 heavy (non-hydrogen) atoms. The van der Waals surface area contributed by atoms with E-state index in [1.807, 2.05) is 32.9 Å². The van der Waals surface area contributed by atoms with Crippen molar-refractivity contribution in [2.45, 2.75) is 59.0 Å². The van der Waals surface area contributed by atoms with Crippen LogP contribution in [0.1, 0.15) is 47.0 Å². The van der Waals surface area contributed by atoms with Crippen LogP contribution >= 0.6 is 0 Å². The first-order valence-corrected chi connectivity index (χ1v) is 13.1. The number of allylic oxidation sites excluding steroid dienone is 1. The van der Waals surface area contributed by atoms with Gasteiger partial charge < -0.3 is 24.8 Å². The zero-order chi connectivity index (χ0) is 26.4. The van der Waals surface area contributed by atoms with Crippen LogP contribution in [0.2, 0.25) is 0 Å². The summed E-state index contributed by atoms with van der Waals surface area (Å²) in [5.41, 5.74) is 0.575. The number of carbonyl (C=O) groups excluding carboxylic acids is 3. The Kier molecular flexibility index (Phi) is 9.54. The maximum Gasteiger partial charge on any atom is 0.310 e. The van der Waals surface area contributed by atoms with Crippen molar-refractivity contribution in [3.8, 4) is 5.75 Å². The lowest BCUT2D eigenvalue weighted by molar-refractivity contribution is -0.156. The fourth-order valence-corrected chi connectivity index (χ4v) is 5.68. The van der Waals surface area contributed by atoms with Gasteiger partial charge in [0.2, 0.25) is 11.8 Å². The molecule has 7 atom stereocenters. The van der Waals surface area contributed by atoms with Crippen molar-refractivity contribution in [1.82, 2.24) is 4.90 Å². The first kappa shape index (κ1) is 27.7. The minimum atomic E-state index is -0.855. The minimum absolute atomic E-state index is 0.0353. The topological polar surface area (TPSA) is 105 Å². The first-order valence-electron chi connectivity index (χ1n) is 13.1. The molecular weight excluding hydrogens is 460 g/mol. The summed E-state index contributed by atoms with van der Waals surface area (Å²) in [6.07, 6.45) is 6.24. The molecule has 1 heterocycles. The smallest absolute Gasteiger partial charge is 0.310 e. The highest BCUT2D eigenvalue weighted by molar-refractivity contribution is 6.01. The molecule has 1 aromatic rings. The SMILES string of the molecule is CCC[C@@H]1C=C[C@H]2[C@@H](C(=O)N([C@@H](CO)[C@@H](C)CC)[C@@H]2C(=O)Nc2ccc(OC)cc2)[C@@H]1C(=O)OCC. The number of likely N-dealkylation sites (tertiary alicyclic amines) is 1. The Morgan fingerprint density at radius 1 is 1.14 bits per heavy atom. The number of nitrogens with one attached hydrogen (secondary N) is 1. The molecule has 1 saturated heterocycles. The van der Waals surface area contributed by atoms with E-state index in [2.05, 4.69) is 5.32 Å². The zero-order valence-electron chi connectivity index (χ0n) is 22.0. The molecular formula is C28H40N2O6. The third-order valence-corrected chi connectivity index (χ3v) is 7.70. The molecule has 0 radical (unpaired) electrons. The highest BCUT2D eigenvalue weighted by atomic mass is 16.5. The first-order chi connectivity index (χ1) is 17.3. The number of hydrogen-bond acceptors (Lipinski definition) is 6. The average molecular weight is 501 g/mol. The van der Waals surface area contributed by atoms with Gasteiger partial charge in [0.05, 0.1) is 38.2 Å². The summed E-state index contributed by atoms with van der Waals surface area (Å²) >= 11 is 0. The number of nitrogens with zero attached hydrogens (tertiary/aromatic N) is 1. The molecule has 3 rings (SSSR count). The summed E-state index contributed by atoms with van der Waals surface area (Å²) in [5.74, 6) is -2.40. The Morgan fingerprint density at radius 3 is 2.39 bits per heavy atom. The number of rotatable bonds is 11. The fourth-order valence-electron chi connectivity index (χ4n) is 5.68. The average Bonchev–Trinajstić information content (AvgIpc) is 3.17. The summed E-state index contributed by atoms with van der Waals surface area (Å²) in [4.78, 5) is 42.5. The molecule has 8 heteroatoms. The molecule has 0 unspecified atom stereocenters. The van der Waals surface area contributed by atoms with Gasteiger partial charge in [-0.15, -0.1) is 0 Å². The molecule has 8 nitrogen and oxygen atoms in total. The van der Waals surface area contributed by atoms with Crippen molar-refractivity contribution in [3.05, 3.63) is 36.4 Å². The quantitative estimate of drug-likeness (QED) is 0.355. The maximum atomic E-state index is 14.1. The number of fused-ring (bicyclic) bond motifs is 1. The molecule has 1 aromatic carbocycles. The summed E-state index contributed by atoms with van der Waals surface area (Å²) in [5, 5.41) is 13.3. The number of carbonyl (C=O) groups is 3. The summed E-state index contributed by atoms with van der Waals surface area (Å²) in [6.45, 7) is 7.71. The Bertz CT molecular complexity index is 946. The van der Waals surface area contributed by atoms with Gasteiger partial charge in [-0.2, -0.15) is 0 Å². The summed E-state index contributed by atoms with van der Waals surface area (Å²) in [7, 11) is 1.57. The maximum absolute atomic E-state index is 14.1. The van der Waals surface area contributed by atoms with Crippen molar-refractivity contribution in [3.63, 3.8) is 0 Å². The second-order valence-electron chi connectivity index (χ2n) is 9.76. The van der Waals surface area contributed by atoms with Crippen LogP contribution in [-0.2, 0) is 19.1 Å². The van der Waals surface area contributed by atoms with Crippen molar-refractivity contribution in [1.29, 1.82) is 0 Å².